The summed E-state index contributed by atoms with van der Waals surface area (Å²) in [4.78, 5) is 45.9. The van der Waals surface area contributed by atoms with Gasteiger partial charge in [0, 0.05) is 26.3 Å². The Bertz CT molecular complexity index is 1280. The summed E-state index contributed by atoms with van der Waals surface area (Å²) in [7, 11) is 1.69. The van der Waals surface area contributed by atoms with Crippen LogP contribution in [0.4, 0.5) is 11.5 Å². The second kappa shape index (κ2) is 9.60. The van der Waals surface area contributed by atoms with Crippen LogP contribution in [0.25, 0.3) is 11.1 Å². The number of likely N-dealkylation sites (N-methyl/N-ethyl adjacent to an activating group) is 1. The second-order valence-electron chi connectivity index (χ2n) is 9.84. The minimum Gasteiger partial charge on any atom is -0.478 e. The summed E-state index contributed by atoms with van der Waals surface area (Å²) in [5.41, 5.74) is 3.07. The van der Waals surface area contributed by atoms with Gasteiger partial charge in [-0.3, -0.25) is 9.59 Å². The molecule has 3 aliphatic rings. The number of pyridine rings is 1. The molecular formula is C28H30N4O4. The first-order valence-corrected chi connectivity index (χ1v) is 12.4. The van der Waals surface area contributed by atoms with Crippen LogP contribution in [0.1, 0.15) is 36.5 Å². The van der Waals surface area contributed by atoms with E-state index in [1.54, 1.807) is 54.3 Å². The van der Waals surface area contributed by atoms with Crippen molar-refractivity contribution >= 4 is 29.3 Å². The Balaban J connectivity index is 1.43. The summed E-state index contributed by atoms with van der Waals surface area (Å²) in [6.45, 7) is 2.91. The molecule has 0 bridgehead atoms. The number of benzene rings is 1. The number of aromatic nitrogens is 1. The Hall–Kier alpha value is -3.94. The van der Waals surface area contributed by atoms with Gasteiger partial charge in [0.15, 0.2) is 0 Å². The van der Waals surface area contributed by atoms with Crippen molar-refractivity contribution in [3.63, 3.8) is 0 Å². The first-order valence-electron chi connectivity index (χ1n) is 12.4. The third-order valence-corrected chi connectivity index (χ3v) is 7.20. The van der Waals surface area contributed by atoms with Crippen molar-refractivity contribution in [1.82, 2.24) is 9.88 Å². The van der Waals surface area contributed by atoms with E-state index in [1.165, 1.54) is 12.8 Å². The molecule has 0 spiro atoms. The largest absolute Gasteiger partial charge is 0.478 e. The zero-order valence-corrected chi connectivity index (χ0v) is 20.5. The van der Waals surface area contributed by atoms with Crippen molar-refractivity contribution in [3.8, 4) is 11.1 Å². The number of amides is 2. The van der Waals surface area contributed by atoms with Crippen molar-refractivity contribution in [3.05, 3.63) is 65.9 Å². The Morgan fingerprint density at radius 2 is 1.94 bits per heavy atom. The fourth-order valence-corrected chi connectivity index (χ4v) is 4.82. The van der Waals surface area contributed by atoms with Crippen molar-refractivity contribution in [1.29, 1.82) is 0 Å². The zero-order chi connectivity index (χ0) is 25.4. The Kier molecular flexibility index (Phi) is 6.35. The van der Waals surface area contributed by atoms with Crippen molar-refractivity contribution < 1.29 is 19.5 Å². The maximum atomic E-state index is 13.7. The van der Waals surface area contributed by atoms with Gasteiger partial charge in [-0.05, 0) is 73.4 Å². The number of allylic oxidation sites excluding steroid dienone is 1. The van der Waals surface area contributed by atoms with E-state index in [-0.39, 0.29) is 29.9 Å². The molecule has 2 amide bonds. The van der Waals surface area contributed by atoms with E-state index in [2.05, 4.69) is 10.3 Å². The maximum absolute atomic E-state index is 13.7. The van der Waals surface area contributed by atoms with Crippen molar-refractivity contribution in [2.24, 2.45) is 11.8 Å². The third kappa shape index (κ3) is 4.76. The molecule has 8 nitrogen and oxygen atoms in total. The number of nitrogens with zero attached hydrogens (tertiary/aromatic N) is 3. The third-order valence-electron chi connectivity index (χ3n) is 7.20. The molecule has 1 aromatic heterocycles. The molecule has 0 radical (unpaired) electrons. The Labute approximate surface area is 210 Å². The van der Waals surface area contributed by atoms with Gasteiger partial charge < -0.3 is 20.2 Å². The highest BCUT2D eigenvalue weighted by Gasteiger charge is 2.36. The topological polar surface area (TPSA) is 103 Å². The number of anilines is 2. The van der Waals surface area contributed by atoms with E-state index >= 15 is 0 Å². The van der Waals surface area contributed by atoms with Crippen LogP contribution in [0.3, 0.4) is 0 Å². The first-order chi connectivity index (χ1) is 17.3. The number of carboxylic acid groups (broad SMARTS) is 1. The number of hydrogen-bond acceptors (Lipinski definition) is 5. The molecule has 1 aliphatic heterocycles. The highest BCUT2D eigenvalue weighted by atomic mass is 16.4. The molecule has 2 atom stereocenters. The van der Waals surface area contributed by atoms with Gasteiger partial charge in [-0.2, -0.15) is 0 Å². The number of carbonyl (C=O) groups is 3. The van der Waals surface area contributed by atoms with Crippen LogP contribution in [0.5, 0.6) is 0 Å². The minimum absolute atomic E-state index is 0.176. The number of nitrogens with one attached hydrogen (secondary N) is 1. The lowest BCUT2D eigenvalue weighted by Crippen LogP contribution is -2.47. The normalized spacial score (nSPS) is 21.7. The quantitative estimate of drug-likeness (QED) is 0.614. The molecule has 2 heterocycles. The van der Waals surface area contributed by atoms with E-state index < -0.39 is 12.0 Å². The van der Waals surface area contributed by atoms with E-state index in [4.69, 9.17) is 0 Å². The lowest BCUT2D eigenvalue weighted by atomic mass is 9.95. The van der Waals surface area contributed by atoms with Crippen LogP contribution in [0.2, 0.25) is 0 Å². The van der Waals surface area contributed by atoms with Crippen molar-refractivity contribution in [2.75, 3.05) is 30.4 Å². The molecule has 2 aromatic rings. The molecule has 1 unspecified atom stereocenters. The van der Waals surface area contributed by atoms with Crippen LogP contribution >= 0.6 is 0 Å². The van der Waals surface area contributed by atoms with Gasteiger partial charge in [0.05, 0.1) is 16.8 Å². The number of rotatable bonds is 7. The average molecular weight is 487 g/mol. The highest BCUT2D eigenvalue weighted by Crippen LogP contribution is 2.34. The second-order valence-corrected chi connectivity index (χ2v) is 9.84. The zero-order valence-electron chi connectivity index (χ0n) is 20.5. The predicted molar refractivity (Wildman–Crippen MR) is 138 cm³/mol. The highest BCUT2D eigenvalue weighted by molar-refractivity contribution is 6.11. The van der Waals surface area contributed by atoms with Crippen LogP contribution in [0, 0.1) is 11.8 Å². The van der Waals surface area contributed by atoms with Gasteiger partial charge in [0.1, 0.15) is 11.9 Å². The van der Waals surface area contributed by atoms with Crippen LogP contribution in [-0.2, 0) is 9.59 Å². The minimum atomic E-state index is -0.998. The van der Waals surface area contributed by atoms with Gasteiger partial charge >= 0.3 is 5.97 Å². The van der Waals surface area contributed by atoms with Gasteiger partial charge in [-0.25, -0.2) is 9.78 Å². The predicted octanol–water partition coefficient (Wildman–Crippen LogP) is 3.96. The smallest absolute Gasteiger partial charge is 0.335 e. The Morgan fingerprint density at radius 3 is 2.69 bits per heavy atom. The summed E-state index contributed by atoms with van der Waals surface area (Å²) in [5.74, 6) is -0.0521. The van der Waals surface area contributed by atoms with Gasteiger partial charge in [0.25, 0.3) is 5.91 Å². The van der Waals surface area contributed by atoms with Gasteiger partial charge in [-0.1, -0.05) is 24.3 Å². The molecule has 2 N–H and O–H groups in total. The standard InChI is InChI=1S/C28H30N4O4/c1-17-26(33)31(2)24-13-20(21-10-11-29-25(14-21)30-15-18-6-7-18)8-9-23(24)27(34)32(17)16-19-4-3-5-22(12-19)28(35)36/h3,5,8-14,17-19H,4,6-7,15-16H2,1-2H3,(H,29,30)(H,35,36)/t17-,19?/m1/s1. The number of carbonyl (C=O) groups excluding carboxylic acids is 2. The van der Waals surface area contributed by atoms with Gasteiger partial charge in [0.2, 0.25) is 5.91 Å². The lowest BCUT2D eigenvalue weighted by Gasteiger charge is -2.30. The fraction of sp³-hybridized carbons (Fsp3) is 0.357. The SMILES string of the molecule is C[C@@H]1C(=O)N(C)c2cc(-c3ccnc(NCC4CC4)c3)ccc2C(=O)N1CC1C=C(C(=O)O)C=CC1. The van der Waals surface area contributed by atoms with Crippen LogP contribution in [0.15, 0.2) is 60.3 Å². The summed E-state index contributed by atoms with van der Waals surface area (Å²) in [6, 6.07) is 8.79. The molecule has 1 saturated carbocycles. The number of fused-ring (bicyclic) bond motifs is 1. The van der Waals surface area contributed by atoms with E-state index in [1.807, 2.05) is 24.3 Å². The van der Waals surface area contributed by atoms with Crippen molar-refractivity contribution in [2.45, 2.75) is 32.2 Å². The van der Waals surface area contributed by atoms with Crippen LogP contribution in [-0.4, -0.2) is 59.0 Å². The molecule has 5 rings (SSSR count). The lowest BCUT2D eigenvalue weighted by molar-refractivity contribution is -0.132. The number of carboxylic acids is 1. The number of aliphatic carboxylic acids is 1. The maximum Gasteiger partial charge on any atom is 0.335 e. The monoisotopic (exact) mass is 486 g/mol. The van der Waals surface area contributed by atoms with E-state index in [9.17, 15) is 19.5 Å². The molecular weight excluding hydrogens is 456 g/mol. The fourth-order valence-electron chi connectivity index (χ4n) is 4.82. The average Bonchev–Trinajstić information content (AvgIpc) is 3.73. The molecule has 1 aromatic carbocycles. The summed E-state index contributed by atoms with van der Waals surface area (Å²) >= 11 is 0. The molecule has 36 heavy (non-hydrogen) atoms. The van der Waals surface area contributed by atoms with Gasteiger partial charge in [-0.15, -0.1) is 0 Å². The summed E-state index contributed by atoms with van der Waals surface area (Å²) in [6.07, 6.45) is 9.95. The molecule has 1 fully saturated rings. The summed E-state index contributed by atoms with van der Waals surface area (Å²) < 4.78 is 0. The summed E-state index contributed by atoms with van der Waals surface area (Å²) in [5, 5.41) is 12.7. The molecule has 0 saturated heterocycles. The Morgan fingerprint density at radius 1 is 1.17 bits per heavy atom. The first kappa shape index (κ1) is 23.8. The van der Waals surface area contributed by atoms with E-state index in [0.29, 0.717) is 17.7 Å². The number of hydrogen-bond donors (Lipinski definition) is 2. The molecule has 2 aliphatic carbocycles. The molecule has 186 valence electrons. The van der Waals surface area contributed by atoms with Crippen LogP contribution < -0.4 is 10.2 Å². The molecule has 8 heteroatoms. The van der Waals surface area contributed by atoms with E-state index in [0.717, 1.165) is 29.4 Å².